The number of rotatable bonds is 12. The third kappa shape index (κ3) is 9.33. The Hall–Kier alpha value is -2.60. The van der Waals surface area contributed by atoms with Gasteiger partial charge < -0.3 is 10.2 Å². The van der Waals surface area contributed by atoms with Gasteiger partial charge in [0.2, 0.25) is 21.8 Å². The van der Waals surface area contributed by atoms with Gasteiger partial charge in [0, 0.05) is 30.5 Å². The zero-order valence-electron chi connectivity index (χ0n) is 20.9. The minimum atomic E-state index is -4.63. The van der Waals surface area contributed by atoms with E-state index in [4.69, 9.17) is 0 Å². The number of amides is 2. The molecule has 0 aliphatic rings. The molecule has 0 radical (unpaired) electrons. The quantitative estimate of drug-likeness (QED) is 0.370. The Morgan fingerprint density at radius 3 is 2.32 bits per heavy atom. The SMILES string of the molecule is CCCNC(=O)[C@H](C)N(Cc1ccc(Br)cc1)C(=O)CCCN(c1cccc(C(F)(F)F)c1)S(C)(=O)=O. The van der Waals surface area contributed by atoms with E-state index in [1.165, 1.54) is 11.0 Å². The van der Waals surface area contributed by atoms with Crippen LogP contribution in [-0.4, -0.2) is 50.5 Å². The van der Waals surface area contributed by atoms with Gasteiger partial charge in [-0.15, -0.1) is 0 Å². The summed E-state index contributed by atoms with van der Waals surface area (Å²) in [5.41, 5.74) is -0.306. The van der Waals surface area contributed by atoms with Crippen LogP contribution >= 0.6 is 15.9 Å². The molecular formula is C25H31BrF3N3O4S. The van der Waals surface area contributed by atoms with Gasteiger partial charge in [-0.3, -0.25) is 13.9 Å². The smallest absolute Gasteiger partial charge is 0.354 e. The molecule has 2 aromatic carbocycles. The summed E-state index contributed by atoms with van der Waals surface area (Å²) in [7, 11) is -3.92. The molecule has 1 atom stereocenters. The predicted octanol–water partition coefficient (Wildman–Crippen LogP) is 4.96. The van der Waals surface area contributed by atoms with Crippen molar-refractivity contribution in [2.45, 2.75) is 51.9 Å². The molecule has 7 nitrogen and oxygen atoms in total. The van der Waals surface area contributed by atoms with Gasteiger partial charge in [-0.1, -0.05) is 41.1 Å². The molecule has 2 rings (SSSR count). The van der Waals surface area contributed by atoms with E-state index >= 15 is 0 Å². The maximum absolute atomic E-state index is 13.2. The van der Waals surface area contributed by atoms with Gasteiger partial charge in [0.05, 0.1) is 17.5 Å². The zero-order chi connectivity index (χ0) is 27.8. The maximum atomic E-state index is 13.2. The third-order valence-electron chi connectivity index (χ3n) is 5.60. The Balaban J connectivity index is 2.19. The number of sulfonamides is 1. The van der Waals surface area contributed by atoms with E-state index in [0.717, 1.165) is 45.2 Å². The number of carbonyl (C=O) groups excluding carboxylic acids is 2. The monoisotopic (exact) mass is 605 g/mol. The lowest BCUT2D eigenvalue weighted by Gasteiger charge is -2.29. The third-order valence-corrected chi connectivity index (χ3v) is 7.32. The topological polar surface area (TPSA) is 86.8 Å². The lowest BCUT2D eigenvalue weighted by Crippen LogP contribution is -2.47. The number of nitrogens with zero attached hydrogens (tertiary/aromatic N) is 2. The van der Waals surface area contributed by atoms with Crippen molar-refractivity contribution in [2.24, 2.45) is 0 Å². The Morgan fingerprint density at radius 1 is 1.11 bits per heavy atom. The first kappa shape index (κ1) is 30.6. The fraction of sp³-hybridized carbons (Fsp3) is 0.440. The number of nitrogens with one attached hydrogen (secondary N) is 1. The second-order valence-corrected chi connectivity index (χ2v) is 11.4. The Kier molecular flexibility index (Phi) is 11.0. The predicted molar refractivity (Wildman–Crippen MR) is 140 cm³/mol. The summed E-state index contributed by atoms with van der Waals surface area (Å²) in [5, 5.41) is 2.78. The summed E-state index contributed by atoms with van der Waals surface area (Å²) >= 11 is 3.36. The van der Waals surface area contributed by atoms with Gasteiger partial charge in [-0.2, -0.15) is 13.2 Å². The van der Waals surface area contributed by atoms with Crippen molar-refractivity contribution in [3.8, 4) is 0 Å². The molecule has 0 spiro atoms. The van der Waals surface area contributed by atoms with Crippen molar-refractivity contribution in [1.29, 1.82) is 0 Å². The molecule has 0 aromatic heterocycles. The Labute approximate surface area is 224 Å². The van der Waals surface area contributed by atoms with Crippen LogP contribution in [0.1, 0.15) is 44.2 Å². The normalized spacial score (nSPS) is 12.6. The van der Waals surface area contributed by atoms with Crippen molar-refractivity contribution in [2.75, 3.05) is 23.7 Å². The van der Waals surface area contributed by atoms with Crippen molar-refractivity contribution < 1.29 is 31.2 Å². The van der Waals surface area contributed by atoms with Gasteiger partial charge in [0.15, 0.2) is 0 Å². The molecule has 2 amide bonds. The Bertz CT molecular complexity index is 1170. The van der Waals surface area contributed by atoms with Gasteiger partial charge in [0.1, 0.15) is 6.04 Å². The van der Waals surface area contributed by atoms with E-state index < -0.39 is 27.8 Å². The highest BCUT2D eigenvalue weighted by Gasteiger charge is 2.32. The summed E-state index contributed by atoms with van der Waals surface area (Å²) in [6.45, 7) is 3.95. The number of anilines is 1. The lowest BCUT2D eigenvalue weighted by molar-refractivity contribution is -0.140. The van der Waals surface area contributed by atoms with Crippen LogP contribution in [0.3, 0.4) is 0 Å². The first-order chi connectivity index (χ1) is 17.2. The van der Waals surface area contributed by atoms with Crippen molar-refractivity contribution in [1.82, 2.24) is 10.2 Å². The highest BCUT2D eigenvalue weighted by Crippen LogP contribution is 2.32. The van der Waals surface area contributed by atoms with Crippen LogP contribution in [0.15, 0.2) is 53.0 Å². The average molecular weight is 607 g/mol. The molecule has 0 saturated carbocycles. The maximum Gasteiger partial charge on any atom is 0.416 e. The molecule has 0 aliphatic carbocycles. The van der Waals surface area contributed by atoms with E-state index in [0.29, 0.717) is 6.54 Å². The van der Waals surface area contributed by atoms with Gasteiger partial charge >= 0.3 is 6.18 Å². The van der Waals surface area contributed by atoms with Crippen LogP contribution in [0.2, 0.25) is 0 Å². The fourth-order valence-corrected chi connectivity index (χ4v) is 4.83. The minimum Gasteiger partial charge on any atom is -0.354 e. The molecular weight excluding hydrogens is 575 g/mol. The molecule has 0 fully saturated rings. The molecule has 204 valence electrons. The second-order valence-electron chi connectivity index (χ2n) is 8.60. The molecule has 12 heteroatoms. The van der Waals surface area contributed by atoms with Gasteiger partial charge in [0.25, 0.3) is 0 Å². The van der Waals surface area contributed by atoms with Crippen LogP contribution in [0.5, 0.6) is 0 Å². The highest BCUT2D eigenvalue weighted by molar-refractivity contribution is 9.10. The number of alkyl halides is 3. The van der Waals surface area contributed by atoms with Gasteiger partial charge in [-0.25, -0.2) is 8.42 Å². The standard InChI is InChI=1S/C25H31BrF3N3O4S/c1-4-14-30-24(34)18(2)31(17-19-10-12-21(26)13-11-19)23(33)9-6-15-32(37(3,35)36)22-8-5-7-20(16-22)25(27,28)29/h5,7-8,10-13,16,18H,4,6,9,14-15,17H2,1-3H3,(H,30,34)/t18-/m0/s1. The summed E-state index contributed by atoms with van der Waals surface area (Å²) in [6, 6.07) is 10.5. The molecule has 0 heterocycles. The molecule has 0 unspecified atom stereocenters. The zero-order valence-corrected chi connectivity index (χ0v) is 23.3. The molecule has 1 N–H and O–H groups in total. The van der Waals surface area contributed by atoms with E-state index in [1.807, 2.05) is 31.2 Å². The van der Waals surface area contributed by atoms with Gasteiger partial charge in [-0.05, 0) is 55.7 Å². The van der Waals surface area contributed by atoms with Crippen LogP contribution in [-0.2, 0) is 32.3 Å². The Morgan fingerprint density at radius 2 is 1.76 bits per heavy atom. The largest absolute Gasteiger partial charge is 0.416 e. The minimum absolute atomic E-state index is 0.0439. The first-order valence-electron chi connectivity index (χ1n) is 11.7. The van der Waals surface area contributed by atoms with E-state index in [9.17, 15) is 31.2 Å². The first-order valence-corrected chi connectivity index (χ1v) is 14.3. The summed E-state index contributed by atoms with van der Waals surface area (Å²) < 4.78 is 65.9. The van der Waals surface area contributed by atoms with Crippen molar-refractivity contribution in [3.63, 3.8) is 0 Å². The van der Waals surface area contributed by atoms with Crippen LogP contribution in [0.25, 0.3) is 0 Å². The second kappa shape index (κ2) is 13.3. The number of carbonyl (C=O) groups is 2. The number of benzene rings is 2. The number of hydrogen-bond acceptors (Lipinski definition) is 4. The molecule has 37 heavy (non-hydrogen) atoms. The van der Waals surface area contributed by atoms with Crippen LogP contribution in [0.4, 0.5) is 18.9 Å². The molecule has 0 saturated heterocycles. The molecule has 2 aromatic rings. The van der Waals surface area contributed by atoms with E-state index in [2.05, 4.69) is 21.2 Å². The number of halogens is 4. The fourth-order valence-electron chi connectivity index (χ4n) is 3.61. The molecule has 0 bridgehead atoms. The number of hydrogen-bond donors (Lipinski definition) is 1. The summed E-state index contributed by atoms with van der Waals surface area (Å²) in [4.78, 5) is 27.2. The summed E-state index contributed by atoms with van der Waals surface area (Å²) in [5.74, 6) is -0.686. The van der Waals surface area contributed by atoms with E-state index in [1.54, 1.807) is 6.92 Å². The van der Waals surface area contributed by atoms with Crippen molar-refractivity contribution in [3.05, 3.63) is 64.1 Å². The molecule has 0 aliphatic heterocycles. The highest BCUT2D eigenvalue weighted by atomic mass is 79.9. The summed E-state index contributed by atoms with van der Waals surface area (Å²) in [6.07, 6.45) is -3.06. The average Bonchev–Trinajstić information content (AvgIpc) is 2.83. The lowest BCUT2D eigenvalue weighted by atomic mass is 10.1. The van der Waals surface area contributed by atoms with Crippen LogP contribution < -0.4 is 9.62 Å². The van der Waals surface area contributed by atoms with E-state index in [-0.39, 0.29) is 43.4 Å². The van der Waals surface area contributed by atoms with Crippen LogP contribution in [0, 0.1) is 0 Å². The van der Waals surface area contributed by atoms with Crippen molar-refractivity contribution >= 4 is 43.5 Å².